The number of anilines is 1. The molecule has 1 unspecified atom stereocenters. The van der Waals surface area contributed by atoms with E-state index >= 15 is 0 Å². The number of hydrogen-bond donors (Lipinski definition) is 1. The Labute approximate surface area is 193 Å². The highest BCUT2D eigenvalue weighted by Gasteiger charge is 2.34. The molecule has 0 aromatic heterocycles. The summed E-state index contributed by atoms with van der Waals surface area (Å²) in [5.74, 6) is 0.271. The molecule has 1 fully saturated rings. The number of ether oxygens (including phenoxy) is 1. The average Bonchev–Trinajstić information content (AvgIpc) is 3.21. The van der Waals surface area contributed by atoms with Crippen molar-refractivity contribution in [3.05, 3.63) is 95.0 Å². The highest BCUT2D eigenvalue weighted by atomic mass is 35.5. The monoisotopic (exact) mass is 448 g/mol. The van der Waals surface area contributed by atoms with Crippen LogP contribution in [0.3, 0.4) is 0 Å². The van der Waals surface area contributed by atoms with Crippen molar-refractivity contribution in [1.82, 2.24) is 5.32 Å². The van der Waals surface area contributed by atoms with Gasteiger partial charge in [0.25, 0.3) is 0 Å². The Hall–Kier alpha value is -3.31. The van der Waals surface area contributed by atoms with Crippen LogP contribution in [0.25, 0.3) is 0 Å². The van der Waals surface area contributed by atoms with E-state index in [1.165, 1.54) is 5.56 Å². The minimum atomic E-state index is -0.334. The molecule has 0 spiro atoms. The van der Waals surface area contributed by atoms with Crippen LogP contribution in [0.5, 0.6) is 5.75 Å². The zero-order valence-electron chi connectivity index (χ0n) is 17.7. The molecular weight excluding hydrogens is 424 g/mol. The Morgan fingerprint density at radius 2 is 1.69 bits per heavy atom. The van der Waals surface area contributed by atoms with Gasteiger partial charge < -0.3 is 15.0 Å². The maximum Gasteiger partial charge on any atom is 0.227 e. The quantitative estimate of drug-likeness (QED) is 0.546. The molecule has 1 atom stereocenters. The van der Waals surface area contributed by atoms with E-state index in [0.29, 0.717) is 30.5 Å². The molecule has 6 heteroatoms. The zero-order chi connectivity index (χ0) is 22.3. The predicted octanol–water partition coefficient (Wildman–Crippen LogP) is 4.63. The minimum Gasteiger partial charge on any atom is -0.489 e. The fourth-order valence-electron chi connectivity index (χ4n) is 3.72. The summed E-state index contributed by atoms with van der Waals surface area (Å²) in [5, 5.41) is 3.66. The molecule has 3 aromatic carbocycles. The third-order valence-corrected chi connectivity index (χ3v) is 5.77. The van der Waals surface area contributed by atoms with Crippen LogP contribution >= 0.6 is 11.6 Å². The van der Waals surface area contributed by atoms with Crippen molar-refractivity contribution in [1.29, 1.82) is 0 Å². The highest BCUT2D eigenvalue weighted by Crippen LogP contribution is 2.27. The molecule has 2 amide bonds. The number of rotatable bonds is 8. The molecule has 0 radical (unpaired) electrons. The average molecular weight is 449 g/mol. The van der Waals surface area contributed by atoms with Crippen molar-refractivity contribution in [2.45, 2.75) is 19.4 Å². The first kappa shape index (κ1) is 21.9. The van der Waals surface area contributed by atoms with Gasteiger partial charge in [-0.3, -0.25) is 9.59 Å². The summed E-state index contributed by atoms with van der Waals surface area (Å²) in [6, 6.07) is 24.9. The Morgan fingerprint density at radius 1 is 0.969 bits per heavy atom. The van der Waals surface area contributed by atoms with Crippen LogP contribution in [0.4, 0.5) is 5.69 Å². The van der Waals surface area contributed by atoms with Gasteiger partial charge >= 0.3 is 0 Å². The fraction of sp³-hybridized carbons (Fsp3) is 0.231. The summed E-state index contributed by atoms with van der Waals surface area (Å²) in [6.45, 7) is 1.39. The third kappa shape index (κ3) is 5.68. The SMILES string of the molecule is O=C(NCCc1ccccc1)C1CC(=O)N(c2ccc(OCc3ccc(Cl)cc3)cc2)C1. The van der Waals surface area contributed by atoms with Crippen LogP contribution in [0, 0.1) is 5.92 Å². The Balaban J connectivity index is 1.27. The second-order valence-corrected chi connectivity index (χ2v) is 8.28. The van der Waals surface area contributed by atoms with Gasteiger partial charge in [-0.25, -0.2) is 0 Å². The van der Waals surface area contributed by atoms with E-state index < -0.39 is 0 Å². The molecule has 1 aliphatic rings. The van der Waals surface area contributed by atoms with Gasteiger partial charge in [0, 0.05) is 30.2 Å². The van der Waals surface area contributed by atoms with E-state index in [0.717, 1.165) is 17.7 Å². The molecule has 32 heavy (non-hydrogen) atoms. The minimum absolute atomic E-state index is 0.0389. The second-order valence-electron chi connectivity index (χ2n) is 7.84. The normalized spacial score (nSPS) is 15.6. The van der Waals surface area contributed by atoms with Crippen molar-refractivity contribution in [3.8, 4) is 5.75 Å². The second kappa shape index (κ2) is 10.3. The fourth-order valence-corrected chi connectivity index (χ4v) is 3.85. The summed E-state index contributed by atoms with van der Waals surface area (Å²) >= 11 is 5.90. The summed E-state index contributed by atoms with van der Waals surface area (Å²) in [5.41, 5.74) is 2.97. The number of carbonyl (C=O) groups excluding carboxylic acids is 2. The summed E-state index contributed by atoms with van der Waals surface area (Å²) in [6.07, 6.45) is 1.00. The highest BCUT2D eigenvalue weighted by molar-refractivity contribution is 6.30. The summed E-state index contributed by atoms with van der Waals surface area (Å²) < 4.78 is 5.81. The van der Waals surface area contributed by atoms with Crippen LogP contribution in [-0.2, 0) is 22.6 Å². The first-order valence-electron chi connectivity index (χ1n) is 10.7. The molecule has 1 aliphatic heterocycles. The topological polar surface area (TPSA) is 58.6 Å². The van der Waals surface area contributed by atoms with Crippen LogP contribution in [-0.4, -0.2) is 24.9 Å². The lowest BCUT2D eigenvalue weighted by molar-refractivity contribution is -0.126. The van der Waals surface area contributed by atoms with Crippen molar-refractivity contribution in [3.63, 3.8) is 0 Å². The molecule has 0 bridgehead atoms. The number of nitrogens with zero attached hydrogens (tertiary/aromatic N) is 1. The molecule has 1 N–H and O–H groups in total. The molecule has 5 nitrogen and oxygen atoms in total. The van der Waals surface area contributed by atoms with E-state index in [9.17, 15) is 9.59 Å². The lowest BCUT2D eigenvalue weighted by Gasteiger charge is -2.17. The van der Waals surface area contributed by atoms with Crippen LogP contribution < -0.4 is 15.0 Å². The van der Waals surface area contributed by atoms with Gasteiger partial charge in [-0.1, -0.05) is 54.1 Å². The van der Waals surface area contributed by atoms with E-state index in [1.54, 1.807) is 4.90 Å². The number of halogens is 1. The first-order valence-corrected chi connectivity index (χ1v) is 11.1. The number of amides is 2. The lowest BCUT2D eigenvalue weighted by Crippen LogP contribution is -2.34. The molecule has 1 saturated heterocycles. The van der Waals surface area contributed by atoms with E-state index in [1.807, 2.05) is 78.9 Å². The summed E-state index contributed by atoms with van der Waals surface area (Å²) in [7, 11) is 0. The van der Waals surface area contributed by atoms with Gasteiger partial charge in [0.1, 0.15) is 12.4 Å². The summed E-state index contributed by atoms with van der Waals surface area (Å²) in [4.78, 5) is 26.7. The molecule has 0 aliphatic carbocycles. The molecule has 4 rings (SSSR count). The standard InChI is InChI=1S/C26H25ClN2O3/c27-22-8-6-20(7-9-22)18-32-24-12-10-23(11-13-24)29-17-21(16-25(29)30)26(31)28-15-14-19-4-2-1-3-5-19/h1-13,21H,14-18H2,(H,28,31). The van der Waals surface area contributed by atoms with Crippen molar-refractivity contribution in [2.75, 3.05) is 18.0 Å². The van der Waals surface area contributed by atoms with Gasteiger partial charge in [0.05, 0.1) is 5.92 Å². The number of hydrogen-bond acceptors (Lipinski definition) is 3. The molecule has 0 saturated carbocycles. The van der Waals surface area contributed by atoms with Crippen LogP contribution in [0.1, 0.15) is 17.5 Å². The maximum atomic E-state index is 12.5. The lowest BCUT2D eigenvalue weighted by atomic mass is 10.1. The van der Waals surface area contributed by atoms with Gasteiger partial charge in [-0.05, 0) is 53.9 Å². The van der Waals surface area contributed by atoms with Crippen molar-refractivity contribution < 1.29 is 14.3 Å². The molecule has 164 valence electrons. The largest absolute Gasteiger partial charge is 0.489 e. The van der Waals surface area contributed by atoms with Gasteiger partial charge in [0.15, 0.2) is 0 Å². The zero-order valence-corrected chi connectivity index (χ0v) is 18.4. The Morgan fingerprint density at radius 3 is 2.41 bits per heavy atom. The smallest absolute Gasteiger partial charge is 0.227 e. The van der Waals surface area contributed by atoms with E-state index in [4.69, 9.17) is 16.3 Å². The van der Waals surface area contributed by atoms with Crippen molar-refractivity contribution >= 4 is 29.1 Å². The van der Waals surface area contributed by atoms with Crippen molar-refractivity contribution in [2.24, 2.45) is 5.92 Å². The van der Waals surface area contributed by atoms with Gasteiger partial charge in [-0.15, -0.1) is 0 Å². The van der Waals surface area contributed by atoms with Crippen LogP contribution in [0.2, 0.25) is 5.02 Å². The van der Waals surface area contributed by atoms with E-state index in [-0.39, 0.29) is 24.2 Å². The third-order valence-electron chi connectivity index (χ3n) is 5.52. The van der Waals surface area contributed by atoms with Gasteiger partial charge in [-0.2, -0.15) is 0 Å². The maximum absolute atomic E-state index is 12.5. The Bertz CT molecular complexity index is 1050. The van der Waals surface area contributed by atoms with E-state index in [2.05, 4.69) is 5.32 Å². The molecular formula is C26H25ClN2O3. The predicted molar refractivity (Wildman–Crippen MR) is 126 cm³/mol. The number of carbonyl (C=O) groups is 2. The Kier molecular flexibility index (Phi) is 7.07. The van der Waals surface area contributed by atoms with Crippen LogP contribution in [0.15, 0.2) is 78.9 Å². The molecule has 3 aromatic rings. The number of benzene rings is 3. The molecule has 1 heterocycles. The number of nitrogens with one attached hydrogen (secondary N) is 1. The van der Waals surface area contributed by atoms with Gasteiger partial charge in [0.2, 0.25) is 11.8 Å². The first-order chi connectivity index (χ1) is 15.6.